The highest BCUT2D eigenvalue weighted by Gasteiger charge is 2.02. The number of unbranched alkanes of at least 4 members (excludes halogenated alkanes) is 1. The summed E-state index contributed by atoms with van der Waals surface area (Å²) in [6.07, 6.45) is 5.84. The van der Waals surface area contributed by atoms with E-state index in [4.69, 9.17) is 11.6 Å². The summed E-state index contributed by atoms with van der Waals surface area (Å²) < 4.78 is 0. The Morgan fingerprint density at radius 1 is 1.50 bits per heavy atom. The summed E-state index contributed by atoms with van der Waals surface area (Å²) in [7, 11) is 0. The van der Waals surface area contributed by atoms with E-state index in [1.807, 2.05) is 13.0 Å². The molecule has 0 radical (unpaired) electrons. The lowest BCUT2D eigenvalue weighted by Gasteiger charge is -2.07. The Bertz CT molecular complexity index is 342. The molecule has 0 atom stereocenters. The molecule has 1 rings (SSSR count). The van der Waals surface area contributed by atoms with Crippen molar-refractivity contribution >= 4 is 17.5 Å². The van der Waals surface area contributed by atoms with Crippen LogP contribution in [0.5, 0.6) is 0 Å². The first-order valence-electron chi connectivity index (χ1n) is 5.46. The van der Waals surface area contributed by atoms with Crippen molar-refractivity contribution in [2.75, 3.05) is 5.88 Å². The van der Waals surface area contributed by atoms with Crippen molar-refractivity contribution < 1.29 is 4.79 Å². The molecule has 1 N–H and O–H groups in total. The topological polar surface area (TPSA) is 42.0 Å². The minimum Gasteiger partial charge on any atom is -0.352 e. The molecule has 0 spiro atoms. The van der Waals surface area contributed by atoms with E-state index in [1.54, 1.807) is 12.4 Å². The molecule has 0 aromatic carbocycles. The number of halogens is 1. The molecular weight excluding hydrogens is 224 g/mol. The van der Waals surface area contributed by atoms with Crippen LogP contribution in [0.4, 0.5) is 0 Å². The van der Waals surface area contributed by atoms with Crippen molar-refractivity contribution in [2.45, 2.75) is 32.7 Å². The predicted molar refractivity (Wildman–Crippen MR) is 65.4 cm³/mol. The highest BCUT2D eigenvalue weighted by molar-refractivity contribution is 6.17. The molecule has 0 aliphatic carbocycles. The van der Waals surface area contributed by atoms with Gasteiger partial charge in [0.2, 0.25) is 5.91 Å². The lowest BCUT2D eigenvalue weighted by molar-refractivity contribution is -0.121. The SMILES string of the molecule is Cc1cnccc1CNC(=O)CCCCCl. The van der Waals surface area contributed by atoms with E-state index in [1.165, 1.54) is 0 Å². The fourth-order valence-corrected chi connectivity index (χ4v) is 1.55. The van der Waals surface area contributed by atoms with Crippen LogP contribution >= 0.6 is 11.6 Å². The molecule has 0 saturated heterocycles. The molecule has 0 unspecified atom stereocenters. The van der Waals surface area contributed by atoms with E-state index in [0.29, 0.717) is 18.8 Å². The number of nitrogens with zero attached hydrogens (tertiary/aromatic N) is 1. The molecule has 0 bridgehead atoms. The molecule has 88 valence electrons. The average Bonchev–Trinajstić information content (AvgIpc) is 2.28. The van der Waals surface area contributed by atoms with Crippen molar-refractivity contribution in [3.8, 4) is 0 Å². The van der Waals surface area contributed by atoms with Gasteiger partial charge >= 0.3 is 0 Å². The van der Waals surface area contributed by atoms with Gasteiger partial charge < -0.3 is 5.32 Å². The fourth-order valence-electron chi connectivity index (χ4n) is 1.36. The highest BCUT2D eigenvalue weighted by Crippen LogP contribution is 2.04. The Morgan fingerprint density at radius 3 is 3.00 bits per heavy atom. The van der Waals surface area contributed by atoms with E-state index in [2.05, 4.69) is 10.3 Å². The van der Waals surface area contributed by atoms with Crippen LogP contribution in [0.3, 0.4) is 0 Å². The number of carbonyl (C=O) groups excluding carboxylic acids is 1. The summed E-state index contributed by atoms with van der Waals surface area (Å²) in [5.41, 5.74) is 2.21. The Labute approximate surface area is 101 Å². The second-order valence-electron chi connectivity index (χ2n) is 3.72. The van der Waals surface area contributed by atoms with Gasteiger partial charge in [0.1, 0.15) is 0 Å². The van der Waals surface area contributed by atoms with Crippen LogP contribution in [0, 0.1) is 6.92 Å². The van der Waals surface area contributed by atoms with Crippen LogP contribution in [-0.4, -0.2) is 16.8 Å². The van der Waals surface area contributed by atoms with E-state index in [-0.39, 0.29) is 5.91 Å². The maximum atomic E-state index is 11.4. The Balaban J connectivity index is 2.29. The Morgan fingerprint density at radius 2 is 2.31 bits per heavy atom. The number of aryl methyl sites for hydroxylation is 1. The minimum atomic E-state index is 0.0846. The van der Waals surface area contributed by atoms with Crippen LogP contribution in [0.15, 0.2) is 18.5 Å². The van der Waals surface area contributed by atoms with Crippen LogP contribution in [0.2, 0.25) is 0 Å². The zero-order chi connectivity index (χ0) is 11.8. The van der Waals surface area contributed by atoms with Gasteiger partial charge in [0, 0.05) is 31.2 Å². The monoisotopic (exact) mass is 240 g/mol. The third kappa shape index (κ3) is 4.62. The fraction of sp³-hybridized carbons (Fsp3) is 0.500. The van der Waals surface area contributed by atoms with Crippen molar-refractivity contribution in [1.82, 2.24) is 10.3 Å². The van der Waals surface area contributed by atoms with Crippen molar-refractivity contribution in [3.05, 3.63) is 29.6 Å². The quantitative estimate of drug-likeness (QED) is 0.613. The number of carbonyl (C=O) groups is 1. The van der Waals surface area contributed by atoms with Gasteiger partial charge in [0.15, 0.2) is 0 Å². The molecular formula is C12H17ClN2O. The lowest BCUT2D eigenvalue weighted by Crippen LogP contribution is -2.22. The number of nitrogens with one attached hydrogen (secondary N) is 1. The van der Waals surface area contributed by atoms with Crippen LogP contribution in [0.1, 0.15) is 30.4 Å². The third-order valence-corrected chi connectivity index (χ3v) is 2.67. The van der Waals surface area contributed by atoms with Crippen molar-refractivity contribution in [1.29, 1.82) is 0 Å². The molecule has 4 heteroatoms. The second kappa shape index (κ2) is 7.23. The van der Waals surface area contributed by atoms with Crippen molar-refractivity contribution in [2.24, 2.45) is 0 Å². The summed E-state index contributed by atoms with van der Waals surface area (Å²) in [6.45, 7) is 2.57. The molecule has 0 fully saturated rings. The van der Waals surface area contributed by atoms with Crippen LogP contribution in [0.25, 0.3) is 0 Å². The molecule has 1 amide bonds. The van der Waals surface area contributed by atoms with Crippen LogP contribution in [-0.2, 0) is 11.3 Å². The Hall–Kier alpha value is -1.09. The number of pyridine rings is 1. The van der Waals surface area contributed by atoms with Gasteiger partial charge in [0.05, 0.1) is 0 Å². The minimum absolute atomic E-state index is 0.0846. The van der Waals surface area contributed by atoms with Gasteiger partial charge in [-0.1, -0.05) is 0 Å². The summed E-state index contributed by atoms with van der Waals surface area (Å²) in [6, 6.07) is 1.92. The highest BCUT2D eigenvalue weighted by atomic mass is 35.5. The van der Waals surface area contributed by atoms with Gasteiger partial charge in [0.25, 0.3) is 0 Å². The molecule has 16 heavy (non-hydrogen) atoms. The summed E-state index contributed by atoms with van der Waals surface area (Å²) in [4.78, 5) is 15.4. The third-order valence-electron chi connectivity index (χ3n) is 2.40. The van der Waals surface area contributed by atoms with Crippen molar-refractivity contribution in [3.63, 3.8) is 0 Å². The smallest absolute Gasteiger partial charge is 0.220 e. The number of hydrogen-bond donors (Lipinski definition) is 1. The number of hydrogen-bond acceptors (Lipinski definition) is 2. The predicted octanol–water partition coefficient (Wildman–Crippen LogP) is 2.42. The standard InChI is InChI=1S/C12H17ClN2O/c1-10-8-14-7-5-11(10)9-15-12(16)4-2-3-6-13/h5,7-8H,2-4,6,9H2,1H3,(H,15,16). The molecule has 1 heterocycles. The summed E-state index contributed by atoms with van der Waals surface area (Å²) in [5, 5.41) is 2.89. The number of amides is 1. The van der Waals surface area contributed by atoms with Gasteiger partial charge in [-0.15, -0.1) is 11.6 Å². The molecule has 1 aromatic rings. The molecule has 0 aliphatic heterocycles. The van der Waals surface area contributed by atoms with E-state index in [9.17, 15) is 4.79 Å². The summed E-state index contributed by atoms with van der Waals surface area (Å²) in [5.74, 6) is 0.706. The lowest BCUT2D eigenvalue weighted by atomic mass is 10.1. The first-order chi connectivity index (χ1) is 7.74. The Kier molecular flexibility index (Phi) is 5.86. The number of alkyl halides is 1. The maximum absolute atomic E-state index is 11.4. The second-order valence-corrected chi connectivity index (χ2v) is 4.10. The van der Waals surface area contributed by atoms with Gasteiger partial charge in [-0.2, -0.15) is 0 Å². The molecule has 0 saturated carbocycles. The molecule has 3 nitrogen and oxygen atoms in total. The van der Waals surface area contributed by atoms with Gasteiger partial charge in [-0.05, 0) is 37.0 Å². The number of rotatable bonds is 6. The van der Waals surface area contributed by atoms with E-state index in [0.717, 1.165) is 24.0 Å². The first-order valence-corrected chi connectivity index (χ1v) is 5.99. The average molecular weight is 241 g/mol. The zero-order valence-electron chi connectivity index (χ0n) is 9.50. The normalized spacial score (nSPS) is 10.1. The van der Waals surface area contributed by atoms with Gasteiger partial charge in [-0.3, -0.25) is 9.78 Å². The summed E-state index contributed by atoms with van der Waals surface area (Å²) >= 11 is 5.54. The largest absolute Gasteiger partial charge is 0.352 e. The van der Waals surface area contributed by atoms with E-state index < -0.39 is 0 Å². The maximum Gasteiger partial charge on any atom is 0.220 e. The molecule has 0 aliphatic rings. The first kappa shape index (κ1) is 13.0. The van der Waals surface area contributed by atoms with Crippen LogP contribution < -0.4 is 5.32 Å². The van der Waals surface area contributed by atoms with Gasteiger partial charge in [-0.25, -0.2) is 0 Å². The zero-order valence-corrected chi connectivity index (χ0v) is 10.3. The number of aromatic nitrogens is 1. The molecule has 1 aromatic heterocycles. The van der Waals surface area contributed by atoms with E-state index >= 15 is 0 Å².